The molecule has 5 heteroatoms. The summed E-state index contributed by atoms with van der Waals surface area (Å²) in [6.07, 6.45) is 0.762. The fraction of sp³-hybridized carbons (Fsp3) is 0.500. The Morgan fingerprint density at radius 1 is 1.69 bits per heavy atom. The molecule has 0 bridgehead atoms. The van der Waals surface area contributed by atoms with Crippen molar-refractivity contribution in [1.82, 2.24) is 9.78 Å². The first-order valence-electron chi connectivity index (χ1n) is 3.99. The molecule has 0 aromatic carbocycles. The highest BCUT2D eigenvalue weighted by atomic mass is 35.5. The van der Waals surface area contributed by atoms with Gasteiger partial charge in [-0.3, -0.25) is 4.79 Å². The number of carbonyl (C=O) groups is 1. The molecule has 0 aliphatic rings. The Kier molecular flexibility index (Phi) is 2.93. The normalized spacial score (nSPS) is 10.4. The molecule has 0 atom stereocenters. The van der Waals surface area contributed by atoms with Gasteiger partial charge in [0.1, 0.15) is 11.7 Å². The topological polar surface area (TPSA) is 55.1 Å². The highest BCUT2D eigenvalue weighted by Gasteiger charge is 2.12. The molecule has 0 spiro atoms. The standard InChI is InChI=1S/C8H11ClN2O2/c1-3-6-5(2)8(9)11(10-6)4-7(12)13/h3-4H2,1-2H3,(H,12,13). The van der Waals surface area contributed by atoms with Crippen molar-refractivity contribution < 1.29 is 9.90 Å². The fourth-order valence-corrected chi connectivity index (χ4v) is 1.35. The highest BCUT2D eigenvalue weighted by Crippen LogP contribution is 2.18. The minimum Gasteiger partial charge on any atom is -0.480 e. The average Bonchev–Trinajstić information content (AvgIpc) is 2.32. The van der Waals surface area contributed by atoms with Gasteiger partial charge < -0.3 is 5.11 Å². The molecule has 0 saturated carbocycles. The van der Waals surface area contributed by atoms with Gasteiger partial charge in [0.15, 0.2) is 0 Å². The molecule has 1 heterocycles. The van der Waals surface area contributed by atoms with E-state index in [1.54, 1.807) is 0 Å². The van der Waals surface area contributed by atoms with E-state index in [0.717, 1.165) is 17.7 Å². The largest absolute Gasteiger partial charge is 0.480 e. The molecule has 1 aromatic rings. The molecule has 1 rings (SSSR count). The predicted molar refractivity (Wildman–Crippen MR) is 49.0 cm³/mol. The van der Waals surface area contributed by atoms with E-state index in [0.29, 0.717) is 5.15 Å². The molecule has 13 heavy (non-hydrogen) atoms. The number of rotatable bonds is 3. The van der Waals surface area contributed by atoms with Gasteiger partial charge in [-0.15, -0.1) is 0 Å². The van der Waals surface area contributed by atoms with Crippen molar-refractivity contribution in [2.24, 2.45) is 0 Å². The van der Waals surface area contributed by atoms with Gasteiger partial charge in [0.25, 0.3) is 0 Å². The number of aryl methyl sites for hydroxylation is 1. The number of hydrogen-bond acceptors (Lipinski definition) is 2. The van der Waals surface area contributed by atoms with E-state index in [9.17, 15) is 4.79 Å². The van der Waals surface area contributed by atoms with Gasteiger partial charge in [-0.1, -0.05) is 18.5 Å². The van der Waals surface area contributed by atoms with Crippen molar-refractivity contribution in [2.75, 3.05) is 0 Å². The van der Waals surface area contributed by atoms with E-state index in [1.807, 2.05) is 13.8 Å². The van der Waals surface area contributed by atoms with Crippen LogP contribution in [0, 0.1) is 6.92 Å². The third kappa shape index (κ3) is 2.01. The molecule has 72 valence electrons. The SMILES string of the molecule is CCc1nn(CC(=O)O)c(Cl)c1C. The van der Waals surface area contributed by atoms with E-state index in [-0.39, 0.29) is 6.54 Å². The number of aliphatic carboxylic acids is 1. The Balaban J connectivity index is 3.02. The van der Waals surface area contributed by atoms with Gasteiger partial charge in [0, 0.05) is 5.56 Å². The summed E-state index contributed by atoms with van der Waals surface area (Å²) >= 11 is 5.87. The molecule has 1 aromatic heterocycles. The molecule has 4 nitrogen and oxygen atoms in total. The lowest BCUT2D eigenvalue weighted by Gasteiger charge is -1.96. The zero-order chi connectivity index (χ0) is 10.0. The van der Waals surface area contributed by atoms with Crippen LogP contribution in [0.25, 0.3) is 0 Å². The number of nitrogens with zero attached hydrogens (tertiary/aromatic N) is 2. The van der Waals surface area contributed by atoms with Crippen LogP contribution < -0.4 is 0 Å². The van der Waals surface area contributed by atoms with Crippen molar-refractivity contribution in [3.8, 4) is 0 Å². The van der Waals surface area contributed by atoms with E-state index >= 15 is 0 Å². The summed E-state index contributed by atoms with van der Waals surface area (Å²) in [5, 5.41) is 13.0. The Morgan fingerprint density at radius 3 is 2.69 bits per heavy atom. The van der Waals surface area contributed by atoms with Crippen LogP contribution in [0.5, 0.6) is 0 Å². The van der Waals surface area contributed by atoms with Gasteiger partial charge in [-0.25, -0.2) is 4.68 Å². The van der Waals surface area contributed by atoms with Gasteiger partial charge in [-0.2, -0.15) is 5.10 Å². The monoisotopic (exact) mass is 202 g/mol. The second-order valence-corrected chi connectivity index (χ2v) is 3.13. The summed E-state index contributed by atoms with van der Waals surface area (Å²) in [6.45, 7) is 3.61. The van der Waals surface area contributed by atoms with Crippen LogP contribution >= 0.6 is 11.6 Å². The number of halogens is 1. The van der Waals surface area contributed by atoms with E-state index in [1.165, 1.54) is 4.68 Å². The minimum absolute atomic E-state index is 0.181. The summed E-state index contributed by atoms with van der Waals surface area (Å²) in [4.78, 5) is 10.4. The summed E-state index contributed by atoms with van der Waals surface area (Å²) in [5.74, 6) is -0.938. The summed E-state index contributed by atoms with van der Waals surface area (Å²) in [5.41, 5.74) is 1.72. The Morgan fingerprint density at radius 2 is 2.31 bits per heavy atom. The van der Waals surface area contributed by atoms with Gasteiger partial charge >= 0.3 is 5.97 Å². The van der Waals surface area contributed by atoms with Gasteiger partial charge in [0.2, 0.25) is 0 Å². The van der Waals surface area contributed by atoms with Crippen LogP contribution in [0.3, 0.4) is 0 Å². The molecule has 0 radical (unpaired) electrons. The molecule has 0 aliphatic carbocycles. The summed E-state index contributed by atoms with van der Waals surface area (Å²) in [7, 11) is 0. The Hall–Kier alpha value is -1.03. The first kappa shape index (κ1) is 10.1. The molecule has 0 fully saturated rings. The molecule has 0 saturated heterocycles. The van der Waals surface area contributed by atoms with Crippen LogP contribution in [0.2, 0.25) is 5.15 Å². The van der Waals surface area contributed by atoms with Crippen LogP contribution in [-0.4, -0.2) is 20.9 Å². The summed E-state index contributed by atoms with van der Waals surface area (Å²) < 4.78 is 1.30. The van der Waals surface area contributed by atoms with Crippen molar-refractivity contribution >= 4 is 17.6 Å². The van der Waals surface area contributed by atoms with Crippen molar-refractivity contribution in [2.45, 2.75) is 26.8 Å². The second-order valence-electron chi connectivity index (χ2n) is 2.77. The van der Waals surface area contributed by atoms with Gasteiger partial charge in [0.05, 0.1) is 5.69 Å². The Bertz CT molecular complexity index is 333. The van der Waals surface area contributed by atoms with Crippen LogP contribution in [-0.2, 0) is 17.8 Å². The fourth-order valence-electron chi connectivity index (χ4n) is 1.15. The maximum absolute atomic E-state index is 10.4. The lowest BCUT2D eigenvalue weighted by atomic mass is 10.2. The number of carboxylic acid groups (broad SMARTS) is 1. The lowest BCUT2D eigenvalue weighted by Crippen LogP contribution is -2.10. The van der Waals surface area contributed by atoms with Crippen LogP contribution in [0.15, 0.2) is 0 Å². The quantitative estimate of drug-likeness (QED) is 0.808. The summed E-state index contributed by atoms with van der Waals surface area (Å²) in [6, 6.07) is 0. The van der Waals surface area contributed by atoms with Crippen molar-refractivity contribution in [3.05, 3.63) is 16.4 Å². The van der Waals surface area contributed by atoms with E-state index in [4.69, 9.17) is 16.7 Å². The third-order valence-electron chi connectivity index (χ3n) is 1.83. The molecule has 0 aliphatic heterocycles. The van der Waals surface area contributed by atoms with Gasteiger partial charge in [-0.05, 0) is 13.3 Å². The molecule has 0 unspecified atom stereocenters. The first-order valence-corrected chi connectivity index (χ1v) is 4.37. The van der Waals surface area contributed by atoms with Crippen molar-refractivity contribution in [3.63, 3.8) is 0 Å². The highest BCUT2D eigenvalue weighted by molar-refractivity contribution is 6.30. The zero-order valence-electron chi connectivity index (χ0n) is 7.54. The molecular weight excluding hydrogens is 192 g/mol. The maximum Gasteiger partial charge on any atom is 0.325 e. The van der Waals surface area contributed by atoms with E-state index < -0.39 is 5.97 Å². The Labute approximate surface area is 81.1 Å². The second kappa shape index (κ2) is 3.79. The number of hydrogen-bond donors (Lipinski definition) is 1. The third-order valence-corrected chi connectivity index (χ3v) is 2.31. The van der Waals surface area contributed by atoms with Crippen molar-refractivity contribution in [1.29, 1.82) is 0 Å². The van der Waals surface area contributed by atoms with Crippen LogP contribution in [0.1, 0.15) is 18.2 Å². The first-order chi connectivity index (χ1) is 6.06. The minimum atomic E-state index is -0.938. The molecule has 0 amide bonds. The number of aromatic nitrogens is 2. The smallest absolute Gasteiger partial charge is 0.325 e. The van der Waals surface area contributed by atoms with Crippen LogP contribution in [0.4, 0.5) is 0 Å². The number of carboxylic acids is 1. The predicted octanol–water partition coefficient (Wildman–Crippen LogP) is 1.49. The average molecular weight is 203 g/mol. The lowest BCUT2D eigenvalue weighted by molar-refractivity contribution is -0.137. The maximum atomic E-state index is 10.4. The van der Waals surface area contributed by atoms with E-state index in [2.05, 4.69) is 5.10 Å². The zero-order valence-corrected chi connectivity index (χ0v) is 8.30. The molecular formula is C8H11ClN2O2. The molecule has 1 N–H and O–H groups in total.